The summed E-state index contributed by atoms with van der Waals surface area (Å²) in [6.45, 7) is 10.5. The molecule has 0 aromatic heterocycles. The van der Waals surface area contributed by atoms with Crippen LogP contribution in [0.4, 0.5) is 0 Å². The lowest BCUT2D eigenvalue weighted by Gasteiger charge is -2.35. The van der Waals surface area contributed by atoms with Gasteiger partial charge in [-0.3, -0.25) is 19.2 Å². The maximum Gasteiger partial charge on any atom is 0.312 e. The first-order valence-electron chi connectivity index (χ1n) is 8.62. The molecule has 2 N–H and O–H groups in total. The molecular weight excluding hydrogens is 404 g/mol. The van der Waals surface area contributed by atoms with Crippen LogP contribution in [0, 0.1) is 0 Å². The molecule has 0 spiro atoms. The molecule has 0 bridgehead atoms. The fourth-order valence-electron chi connectivity index (χ4n) is 2.27. The number of hydrogen-bond donors (Lipinski definition) is 2. The van der Waals surface area contributed by atoms with Crippen molar-refractivity contribution in [3.05, 3.63) is 24.3 Å². The lowest BCUT2D eigenvalue weighted by Crippen LogP contribution is -2.57. The SMILES string of the molecule is C=C(C)C(=O)SCC(O)CN1CCN(CC(O)CSC(=O)C(=C)C)C(=O)C1=O. The zero-order chi connectivity index (χ0) is 21.4. The molecule has 2 unspecified atom stereocenters. The molecule has 0 saturated carbocycles. The van der Waals surface area contributed by atoms with Crippen LogP contribution in [0.1, 0.15) is 13.8 Å². The highest BCUT2D eigenvalue weighted by molar-refractivity contribution is 8.14. The van der Waals surface area contributed by atoms with Gasteiger partial charge in [0.25, 0.3) is 0 Å². The van der Waals surface area contributed by atoms with Gasteiger partial charge in [0.15, 0.2) is 0 Å². The summed E-state index contributed by atoms with van der Waals surface area (Å²) < 4.78 is 0. The predicted octanol–water partition coefficient (Wildman–Crippen LogP) is 0.0508. The minimum atomic E-state index is -0.952. The number of carbonyl (C=O) groups excluding carboxylic acids is 4. The number of aliphatic hydroxyl groups excluding tert-OH is 2. The summed E-state index contributed by atoms with van der Waals surface area (Å²) >= 11 is 1.82. The van der Waals surface area contributed by atoms with Crippen LogP contribution in [0.3, 0.4) is 0 Å². The molecule has 0 aromatic carbocycles. The number of amides is 2. The van der Waals surface area contributed by atoms with Gasteiger partial charge in [-0.25, -0.2) is 0 Å². The van der Waals surface area contributed by atoms with Gasteiger partial charge in [-0.05, 0) is 25.0 Å². The largest absolute Gasteiger partial charge is 0.390 e. The second-order valence-corrected chi connectivity index (χ2v) is 8.55. The van der Waals surface area contributed by atoms with E-state index in [4.69, 9.17) is 0 Å². The first kappa shape index (κ1) is 24.4. The normalized spacial score (nSPS) is 16.7. The van der Waals surface area contributed by atoms with E-state index in [0.29, 0.717) is 11.1 Å². The van der Waals surface area contributed by atoms with Crippen LogP contribution in [0.2, 0.25) is 0 Å². The summed E-state index contributed by atoms with van der Waals surface area (Å²) in [7, 11) is 0. The number of nitrogens with zero attached hydrogens (tertiary/aromatic N) is 2. The van der Waals surface area contributed by atoms with Gasteiger partial charge in [-0.15, -0.1) is 0 Å². The number of aliphatic hydroxyl groups is 2. The lowest BCUT2D eigenvalue weighted by molar-refractivity contribution is -0.157. The zero-order valence-electron chi connectivity index (χ0n) is 16.0. The number of β-amino-alcohol motifs (C(OH)–C–C–N with tert-alkyl or cyclic N) is 2. The van der Waals surface area contributed by atoms with Gasteiger partial charge < -0.3 is 20.0 Å². The van der Waals surface area contributed by atoms with Crippen LogP contribution in [0.15, 0.2) is 24.3 Å². The molecule has 1 aliphatic rings. The summed E-state index contributed by atoms with van der Waals surface area (Å²) in [5.41, 5.74) is 0.748. The Morgan fingerprint density at radius 3 is 1.50 bits per heavy atom. The van der Waals surface area contributed by atoms with Crippen molar-refractivity contribution in [2.45, 2.75) is 26.1 Å². The van der Waals surface area contributed by atoms with Crippen molar-refractivity contribution in [2.75, 3.05) is 37.7 Å². The zero-order valence-corrected chi connectivity index (χ0v) is 17.7. The van der Waals surface area contributed by atoms with Crippen molar-refractivity contribution in [2.24, 2.45) is 0 Å². The van der Waals surface area contributed by atoms with E-state index in [9.17, 15) is 29.4 Å². The quantitative estimate of drug-likeness (QED) is 0.369. The van der Waals surface area contributed by atoms with E-state index in [0.717, 1.165) is 23.5 Å². The average molecular weight is 431 g/mol. The maximum atomic E-state index is 12.2. The van der Waals surface area contributed by atoms with Crippen LogP contribution < -0.4 is 0 Å². The Labute approximate surface area is 173 Å². The van der Waals surface area contributed by atoms with E-state index >= 15 is 0 Å². The molecule has 28 heavy (non-hydrogen) atoms. The Bertz CT molecular complexity index is 610. The Kier molecular flexibility index (Phi) is 9.94. The topological polar surface area (TPSA) is 115 Å². The molecule has 10 heteroatoms. The molecule has 156 valence electrons. The third-order valence-electron chi connectivity index (χ3n) is 3.77. The highest BCUT2D eigenvalue weighted by Gasteiger charge is 2.34. The van der Waals surface area contributed by atoms with Gasteiger partial charge in [0, 0.05) is 37.7 Å². The maximum absolute atomic E-state index is 12.2. The van der Waals surface area contributed by atoms with Crippen molar-refractivity contribution >= 4 is 45.6 Å². The molecule has 2 atom stereocenters. The van der Waals surface area contributed by atoms with Crippen LogP contribution >= 0.6 is 23.5 Å². The number of hydrogen-bond acceptors (Lipinski definition) is 8. The van der Waals surface area contributed by atoms with Gasteiger partial charge in [0.2, 0.25) is 10.2 Å². The number of carbonyl (C=O) groups is 4. The van der Waals surface area contributed by atoms with Crippen molar-refractivity contribution in [1.29, 1.82) is 0 Å². The van der Waals surface area contributed by atoms with E-state index in [1.54, 1.807) is 13.8 Å². The molecule has 8 nitrogen and oxygen atoms in total. The fraction of sp³-hybridized carbons (Fsp3) is 0.556. The molecule has 0 radical (unpaired) electrons. The van der Waals surface area contributed by atoms with Crippen molar-refractivity contribution < 1.29 is 29.4 Å². The van der Waals surface area contributed by atoms with Crippen LogP contribution in [-0.4, -0.2) is 92.0 Å². The molecule has 1 fully saturated rings. The van der Waals surface area contributed by atoms with Crippen LogP contribution in [-0.2, 0) is 19.2 Å². The third-order valence-corrected chi connectivity index (χ3v) is 6.09. The summed E-state index contributed by atoms with van der Waals surface area (Å²) in [5, 5.41) is 19.6. The predicted molar refractivity (Wildman–Crippen MR) is 110 cm³/mol. The number of rotatable bonds is 10. The monoisotopic (exact) mass is 430 g/mol. The summed E-state index contributed by atoms with van der Waals surface area (Å²) in [5.74, 6) is -1.33. The highest BCUT2D eigenvalue weighted by Crippen LogP contribution is 2.14. The van der Waals surface area contributed by atoms with Gasteiger partial charge in [-0.2, -0.15) is 0 Å². The Hall–Kier alpha value is -1.62. The van der Waals surface area contributed by atoms with Crippen molar-refractivity contribution in [3.63, 3.8) is 0 Å². The standard InChI is InChI=1S/C18H26N2O6S2/c1-11(2)17(25)27-9-13(21)7-19-5-6-20(16(24)15(19)23)8-14(22)10-28-18(26)12(3)4/h13-14,21-22H,1,3,5-10H2,2,4H3. The van der Waals surface area contributed by atoms with Crippen molar-refractivity contribution in [1.82, 2.24) is 9.80 Å². The Morgan fingerprint density at radius 1 is 0.893 bits per heavy atom. The first-order chi connectivity index (χ1) is 13.0. The molecule has 1 aliphatic heterocycles. The second-order valence-electron chi connectivity index (χ2n) is 6.57. The van der Waals surface area contributed by atoms with E-state index in [1.165, 1.54) is 9.80 Å². The first-order valence-corrected chi connectivity index (χ1v) is 10.6. The molecule has 1 saturated heterocycles. The average Bonchev–Trinajstić information content (AvgIpc) is 2.63. The molecule has 2 amide bonds. The van der Waals surface area contributed by atoms with Gasteiger partial charge in [0.05, 0.1) is 12.2 Å². The Balaban J connectivity index is 2.47. The molecule has 0 aliphatic carbocycles. The second kappa shape index (κ2) is 11.4. The molecule has 0 aromatic rings. The summed E-state index contributed by atoms with van der Waals surface area (Å²) in [6.07, 6.45) is -1.90. The van der Waals surface area contributed by atoms with Crippen LogP contribution in [0.5, 0.6) is 0 Å². The molecule has 1 rings (SSSR count). The van der Waals surface area contributed by atoms with Gasteiger partial charge >= 0.3 is 11.8 Å². The van der Waals surface area contributed by atoms with E-state index in [2.05, 4.69) is 13.2 Å². The van der Waals surface area contributed by atoms with Gasteiger partial charge in [0.1, 0.15) is 0 Å². The smallest absolute Gasteiger partial charge is 0.312 e. The lowest BCUT2D eigenvalue weighted by atomic mass is 10.2. The minimum Gasteiger partial charge on any atom is -0.390 e. The molecular formula is C18H26N2O6S2. The van der Waals surface area contributed by atoms with E-state index in [1.807, 2.05) is 0 Å². The minimum absolute atomic E-state index is 0.0552. The fourth-order valence-corrected chi connectivity index (χ4v) is 3.66. The van der Waals surface area contributed by atoms with Crippen molar-refractivity contribution in [3.8, 4) is 0 Å². The number of piperazine rings is 1. The highest BCUT2D eigenvalue weighted by atomic mass is 32.2. The van der Waals surface area contributed by atoms with Crippen LogP contribution in [0.25, 0.3) is 0 Å². The molecule has 1 heterocycles. The van der Waals surface area contributed by atoms with Gasteiger partial charge in [-0.1, -0.05) is 36.7 Å². The van der Waals surface area contributed by atoms with E-state index in [-0.39, 0.29) is 47.9 Å². The summed E-state index contributed by atoms with van der Waals surface area (Å²) in [6, 6.07) is 0. The third kappa shape index (κ3) is 7.78. The summed E-state index contributed by atoms with van der Waals surface area (Å²) in [4.78, 5) is 49.9. The Morgan fingerprint density at radius 2 is 1.21 bits per heavy atom. The number of thioether (sulfide) groups is 2. The van der Waals surface area contributed by atoms with E-state index < -0.39 is 24.0 Å².